The zero-order valence-corrected chi connectivity index (χ0v) is 9.90. The van der Waals surface area contributed by atoms with Gasteiger partial charge in [-0.25, -0.2) is 0 Å². The number of amides is 1. The van der Waals surface area contributed by atoms with Crippen LogP contribution in [0.4, 0.5) is 5.69 Å². The summed E-state index contributed by atoms with van der Waals surface area (Å²) >= 11 is 3.31. The van der Waals surface area contributed by atoms with Crippen LogP contribution in [0.15, 0.2) is 28.7 Å². The highest BCUT2D eigenvalue weighted by atomic mass is 79.9. The van der Waals surface area contributed by atoms with Gasteiger partial charge in [-0.15, -0.1) is 0 Å². The van der Waals surface area contributed by atoms with E-state index in [1.807, 2.05) is 18.2 Å². The fraction of sp³-hybridized carbons (Fsp3) is 0.273. The van der Waals surface area contributed by atoms with E-state index in [0.29, 0.717) is 12.1 Å². The predicted octanol–water partition coefficient (Wildman–Crippen LogP) is 2.11. The predicted molar refractivity (Wildman–Crippen MR) is 62.0 cm³/mol. The number of hydrogen-bond donors (Lipinski definition) is 2. The van der Waals surface area contributed by atoms with Crippen LogP contribution in [0.25, 0.3) is 0 Å². The van der Waals surface area contributed by atoms with Crippen LogP contribution in [0.5, 0.6) is 0 Å². The fourth-order valence-electron chi connectivity index (χ4n) is 1.55. The monoisotopic (exact) mass is 283 g/mol. The van der Waals surface area contributed by atoms with Crippen molar-refractivity contribution >= 4 is 33.5 Å². The van der Waals surface area contributed by atoms with E-state index in [2.05, 4.69) is 21.2 Å². The number of rotatable bonds is 3. The molecule has 84 valence electrons. The summed E-state index contributed by atoms with van der Waals surface area (Å²) in [5.41, 5.74) is 0.670. The van der Waals surface area contributed by atoms with Gasteiger partial charge in [-0.2, -0.15) is 0 Å². The van der Waals surface area contributed by atoms with Crippen molar-refractivity contribution in [3.8, 4) is 0 Å². The Labute approximate surface area is 101 Å². The van der Waals surface area contributed by atoms with Crippen molar-refractivity contribution in [1.29, 1.82) is 0 Å². The number of halogens is 1. The van der Waals surface area contributed by atoms with Gasteiger partial charge < -0.3 is 10.4 Å². The van der Waals surface area contributed by atoms with Gasteiger partial charge in [-0.3, -0.25) is 9.59 Å². The quantitative estimate of drug-likeness (QED) is 0.893. The Balaban J connectivity index is 1.99. The molecule has 0 unspecified atom stereocenters. The van der Waals surface area contributed by atoms with Crippen molar-refractivity contribution in [3.05, 3.63) is 28.7 Å². The maximum Gasteiger partial charge on any atom is 0.307 e. The molecular weight excluding hydrogens is 274 g/mol. The molecule has 1 saturated carbocycles. The Morgan fingerprint density at radius 1 is 1.31 bits per heavy atom. The van der Waals surface area contributed by atoms with Gasteiger partial charge >= 0.3 is 5.97 Å². The maximum atomic E-state index is 11.6. The molecule has 4 nitrogen and oxygen atoms in total. The van der Waals surface area contributed by atoms with E-state index in [9.17, 15) is 9.59 Å². The molecule has 0 bridgehead atoms. The van der Waals surface area contributed by atoms with Crippen LogP contribution in [0.1, 0.15) is 6.42 Å². The highest BCUT2D eigenvalue weighted by Crippen LogP contribution is 2.39. The molecule has 0 aromatic heterocycles. The number of carboxylic acid groups (broad SMARTS) is 1. The van der Waals surface area contributed by atoms with Crippen LogP contribution in [0, 0.1) is 11.8 Å². The molecule has 0 heterocycles. The molecule has 1 amide bonds. The molecule has 0 saturated heterocycles. The number of para-hydroxylation sites is 1. The minimum atomic E-state index is -0.896. The first-order valence-corrected chi connectivity index (χ1v) is 5.67. The van der Waals surface area contributed by atoms with Crippen molar-refractivity contribution in [3.63, 3.8) is 0 Å². The highest BCUT2D eigenvalue weighted by Gasteiger charge is 2.48. The molecule has 1 aliphatic carbocycles. The summed E-state index contributed by atoms with van der Waals surface area (Å²) in [6, 6.07) is 7.23. The Bertz CT molecular complexity index is 447. The SMILES string of the molecule is O=C(O)[C@H]1C[C@H]1C(=O)Nc1ccccc1Br. The molecule has 2 rings (SSSR count). The van der Waals surface area contributed by atoms with E-state index in [4.69, 9.17) is 5.11 Å². The summed E-state index contributed by atoms with van der Waals surface area (Å²) in [4.78, 5) is 22.3. The molecule has 1 fully saturated rings. The fourth-order valence-corrected chi connectivity index (χ4v) is 1.93. The Morgan fingerprint density at radius 2 is 2.00 bits per heavy atom. The highest BCUT2D eigenvalue weighted by molar-refractivity contribution is 9.10. The molecule has 2 atom stereocenters. The molecule has 5 heteroatoms. The second kappa shape index (κ2) is 4.25. The standard InChI is InChI=1S/C11H10BrNO3/c12-8-3-1-2-4-9(8)13-10(14)6-5-7(6)11(15)16/h1-4,6-7H,5H2,(H,13,14)(H,15,16)/t6-,7+/m1/s1. The van der Waals surface area contributed by atoms with E-state index in [1.54, 1.807) is 6.07 Å². The number of carbonyl (C=O) groups is 2. The lowest BCUT2D eigenvalue weighted by Gasteiger charge is -2.05. The van der Waals surface area contributed by atoms with E-state index in [0.717, 1.165) is 4.47 Å². The van der Waals surface area contributed by atoms with Crippen LogP contribution in [-0.2, 0) is 9.59 Å². The number of nitrogens with one attached hydrogen (secondary N) is 1. The van der Waals surface area contributed by atoms with Gasteiger partial charge in [0.25, 0.3) is 0 Å². The number of hydrogen-bond acceptors (Lipinski definition) is 2. The van der Waals surface area contributed by atoms with E-state index in [-0.39, 0.29) is 11.8 Å². The minimum absolute atomic E-state index is 0.223. The lowest BCUT2D eigenvalue weighted by atomic mass is 10.2. The Hall–Kier alpha value is -1.36. The minimum Gasteiger partial charge on any atom is -0.481 e. The van der Waals surface area contributed by atoms with Gasteiger partial charge in [0.15, 0.2) is 0 Å². The van der Waals surface area contributed by atoms with Crippen LogP contribution in [-0.4, -0.2) is 17.0 Å². The van der Waals surface area contributed by atoms with Gasteiger partial charge in [0, 0.05) is 4.47 Å². The largest absolute Gasteiger partial charge is 0.481 e. The molecule has 0 aliphatic heterocycles. The summed E-state index contributed by atoms with van der Waals surface area (Å²) in [7, 11) is 0. The third-order valence-electron chi connectivity index (χ3n) is 2.58. The van der Waals surface area contributed by atoms with Crippen LogP contribution >= 0.6 is 15.9 Å². The summed E-state index contributed by atoms with van der Waals surface area (Å²) in [6.07, 6.45) is 0.436. The van der Waals surface area contributed by atoms with Crippen molar-refractivity contribution in [2.24, 2.45) is 11.8 Å². The van der Waals surface area contributed by atoms with Gasteiger partial charge in [-0.05, 0) is 34.5 Å². The third-order valence-corrected chi connectivity index (χ3v) is 3.27. The molecular formula is C11H10BrNO3. The zero-order chi connectivity index (χ0) is 11.7. The van der Waals surface area contributed by atoms with Gasteiger partial charge in [0.1, 0.15) is 0 Å². The average molecular weight is 284 g/mol. The number of benzene rings is 1. The van der Waals surface area contributed by atoms with Gasteiger partial charge in [0.2, 0.25) is 5.91 Å². The van der Waals surface area contributed by atoms with Crippen molar-refractivity contribution in [2.75, 3.05) is 5.32 Å². The zero-order valence-electron chi connectivity index (χ0n) is 8.31. The van der Waals surface area contributed by atoms with E-state index >= 15 is 0 Å². The lowest BCUT2D eigenvalue weighted by molar-refractivity contribution is -0.139. The molecule has 0 spiro atoms. The lowest BCUT2D eigenvalue weighted by Crippen LogP contribution is -2.17. The van der Waals surface area contributed by atoms with Gasteiger partial charge in [-0.1, -0.05) is 12.1 Å². The smallest absolute Gasteiger partial charge is 0.307 e. The summed E-state index contributed by atoms with van der Waals surface area (Å²) in [5, 5.41) is 11.4. The first-order valence-electron chi connectivity index (χ1n) is 4.88. The maximum absolute atomic E-state index is 11.6. The molecule has 0 radical (unpaired) electrons. The van der Waals surface area contributed by atoms with Crippen molar-refractivity contribution in [1.82, 2.24) is 0 Å². The molecule has 1 aromatic rings. The van der Waals surface area contributed by atoms with Crippen LogP contribution in [0.2, 0.25) is 0 Å². The second-order valence-electron chi connectivity index (χ2n) is 3.76. The first kappa shape index (κ1) is 11.1. The molecule has 1 aromatic carbocycles. The topological polar surface area (TPSA) is 66.4 Å². The van der Waals surface area contributed by atoms with E-state index < -0.39 is 11.9 Å². The van der Waals surface area contributed by atoms with Crippen molar-refractivity contribution < 1.29 is 14.7 Å². The first-order chi connectivity index (χ1) is 7.59. The summed E-state index contributed by atoms with van der Waals surface area (Å²) < 4.78 is 0.788. The van der Waals surface area contributed by atoms with Crippen LogP contribution < -0.4 is 5.32 Å². The summed E-state index contributed by atoms with van der Waals surface area (Å²) in [5.74, 6) is -2.02. The van der Waals surface area contributed by atoms with E-state index in [1.165, 1.54) is 0 Å². The van der Waals surface area contributed by atoms with Gasteiger partial charge in [0.05, 0.1) is 17.5 Å². The Kier molecular flexibility index (Phi) is 2.96. The summed E-state index contributed by atoms with van der Waals surface area (Å²) in [6.45, 7) is 0. The van der Waals surface area contributed by atoms with Crippen molar-refractivity contribution in [2.45, 2.75) is 6.42 Å². The molecule has 16 heavy (non-hydrogen) atoms. The molecule has 2 N–H and O–H groups in total. The number of aliphatic carboxylic acids is 1. The molecule has 1 aliphatic rings. The second-order valence-corrected chi connectivity index (χ2v) is 4.61. The third kappa shape index (κ3) is 2.24. The number of anilines is 1. The average Bonchev–Trinajstić information content (AvgIpc) is 3.01. The Morgan fingerprint density at radius 3 is 2.56 bits per heavy atom. The van der Waals surface area contributed by atoms with Crippen LogP contribution in [0.3, 0.4) is 0 Å². The normalized spacial score (nSPS) is 22.6. The number of carboxylic acids is 1. The number of carbonyl (C=O) groups excluding carboxylic acids is 1.